The summed E-state index contributed by atoms with van der Waals surface area (Å²) in [5.41, 5.74) is 3.95. The van der Waals surface area contributed by atoms with Crippen molar-refractivity contribution in [1.82, 2.24) is 14.2 Å². The summed E-state index contributed by atoms with van der Waals surface area (Å²) in [5, 5.41) is 0. The summed E-state index contributed by atoms with van der Waals surface area (Å²) < 4.78 is 43.3. The molecule has 7 rings (SSSR count). The molecule has 0 spiro atoms. The van der Waals surface area contributed by atoms with Gasteiger partial charge in [-0.2, -0.15) is 0 Å². The van der Waals surface area contributed by atoms with Crippen LogP contribution in [0.4, 0.5) is 0 Å². The number of hydrogen-bond donors (Lipinski definition) is 1. The molecule has 2 heterocycles. The van der Waals surface area contributed by atoms with Crippen molar-refractivity contribution in [3.05, 3.63) is 200 Å². The summed E-state index contributed by atoms with van der Waals surface area (Å²) in [7, 11) is 0.980. The molecule has 1 saturated heterocycles. The number of nitrogens with zero attached hydrogens (tertiary/aromatic N) is 2. The van der Waals surface area contributed by atoms with Gasteiger partial charge in [-0.15, -0.1) is 0 Å². The molecule has 5 aromatic carbocycles. The number of methoxy groups -OCH3 is 2. The number of nitrogens with one attached hydrogen (secondary N) is 1. The molecule has 0 radical (unpaired) electrons. The van der Waals surface area contributed by atoms with Crippen molar-refractivity contribution >= 4 is 18.0 Å². The molecule has 0 saturated carbocycles. The Bertz CT molecular complexity index is 2410. The SMILES string of the molecule is COc1ccc(C(OC[C@H]2O[C@@H](n3cc(C)c(=O)[nH]c3=O)C[C@@H]2OP(OCC[SiH2]C(c2ccccc2)c2ccccc2)N(C(C)C)C(C)C)(c2ccccc2)c2ccc(OC)cc2)cc1. The van der Waals surface area contributed by atoms with Crippen molar-refractivity contribution in [1.29, 1.82) is 0 Å². The Morgan fingerprint density at radius 2 is 1.26 bits per heavy atom. The zero-order valence-electron chi connectivity index (χ0n) is 38.5. The monoisotopic (exact) mass is 915 g/mol. The van der Waals surface area contributed by atoms with Crippen molar-refractivity contribution in [3.8, 4) is 11.5 Å². The van der Waals surface area contributed by atoms with Gasteiger partial charge in [0.15, 0.2) is 0 Å². The zero-order chi connectivity index (χ0) is 45.9. The molecule has 342 valence electrons. The molecule has 1 N–H and O–H groups in total. The van der Waals surface area contributed by atoms with Gasteiger partial charge in [-0.05, 0) is 98.3 Å². The highest BCUT2D eigenvalue weighted by atomic mass is 31.2. The van der Waals surface area contributed by atoms with E-state index in [1.807, 2.05) is 66.7 Å². The minimum atomic E-state index is -1.62. The lowest BCUT2D eigenvalue weighted by Crippen LogP contribution is -2.39. The number of benzene rings is 5. The van der Waals surface area contributed by atoms with Gasteiger partial charge >= 0.3 is 5.69 Å². The third-order valence-corrected chi connectivity index (χ3v) is 16.4. The second-order valence-electron chi connectivity index (χ2n) is 17.0. The van der Waals surface area contributed by atoms with Crippen LogP contribution in [0.1, 0.15) is 79.3 Å². The van der Waals surface area contributed by atoms with E-state index in [1.54, 1.807) is 27.3 Å². The van der Waals surface area contributed by atoms with Crippen LogP contribution >= 0.6 is 8.53 Å². The number of aromatic amines is 1. The molecule has 1 aliphatic heterocycles. The first kappa shape index (κ1) is 47.8. The molecular weight excluding hydrogens is 854 g/mol. The van der Waals surface area contributed by atoms with Crippen LogP contribution in [0.25, 0.3) is 0 Å². The number of H-pyrrole nitrogens is 1. The van der Waals surface area contributed by atoms with Crippen LogP contribution in [0.2, 0.25) is 6.04 Å². The summed E-state index contributed by atoms with van der Waals surface area (Å²) in [5.74, 6) is 1.43. The molecule has 4 atom stereocenters. The standard InChI is InChI=1S/C52H62N3O8PSi/c1-36(2)55(37(3)4)64(61-31-32-65-49(39-17-11-8-12-18-39)40-19-13-9-14-20-40)63-46-33-48(54-34-38(5)50(56)53-51(54)57)62-47(46)35-60-52(41-21-15-10-16-22-41,42-23-27-44(58-6)28-24-42)43-25-29-45(59-7)30-26-43/h8-30,34,36-37,46-49H,31-33,35,65H2,1-7H3,(H,53,56,57)/t46-,47+,48+,64?/m0/s1. The van der Waals surface area contributed by atoms with Gasteiger partial charge in [0.05, 0.1) is 33.5 Å². The van der Waals surface area contributed by atoms with Crippen LogP contribution in [0.3, 0.4) is 0 Å². The Kier molecular flexibility index (Phi) is 16.4. The number of rotatable bonds is 21. The third kappa shape index (κ3) is 11.3. The van der Waals surface area contributed by atoms with Gasteiger partial charge in [0.1, 0.15) is 29.4 Å². The summed E-state index contributed by atoms with van der Waals surface area (Å²) >= 11 is 0. The highest BCUT2D eigenvalue weighted by molar-refractivity contribution is 7.44. The van der Waals surface area contributed by atoms with Crippen LogP contribution in [0, 0.1) is 6.92 Å². The molecular formula is C52H62N3O8PSi. The molecule has 1 aromatic heterocycles. The van der Waals surface area contributed by atoms with E-state index in [-0.39, 0.29) is 18.7 Å². The smallest absolute Gasteiger partial charge is 0.330 e. The second-order valence-corrected chi connectivity index (χ2v) is 20.5. The van der Waals surface area contributed by atoms with Crippen molar-refractivity contribution in [3.63, 3.8) is 0 Å². The van der Waals surface area contributed by atoms with E-state index in [2.05, 4.69) is 110 Å². The molecule has 1 aliphatic rings. The lowest BCUT2D eigenvalue weighted by Gasteiger charge is -2.39. The lowest BCUT2D eigenvalue weighted by atomic mass is 9.80. The first-order valence-corrected chi connectivity index (χ1v) is 25.4. The van der Waals surface area contributed by atoms with Gasteiger partial charge in [-0.25, -0.2) is 9.46 Å². The van der Waals surface area contributed by atoms with Gasteiger partial charge in [-0.3, -0.25) is 14.3 Å². The van der Waals surface area contributed by atoms with Crippen LogP contribution < -0.4 is 20.7 Å². The molecule has 1 fully saturated rings. The molecule has 65 heavy (non-hydrogen) atoms. The van der Waals surface area contributed by atoms with Gasteiger partial charge < -0.3 is 28.0 Å². The van der Waals surface area contributed by atoms with E-state index in [0.29, 0.717) is 35.6 Å². The molecule has 1 unspecified atom stereocenters. The van der Waals surface area contributed by atoms with Gasteiger partial charge in [0.2, 0.25) is 0 Å². The van der Waals surface area contributed by atoms with E-state index < -0.39 is 53.3 Å². The van der Waals surface area contributed by atoms with Crippen molar-refractivity contribution < 1.29 is 28.0 Å². The Morgan fingerprint density at radius 3 is 1.77 bits per heavy atom. The normalized spacial score (nSPS) is 17.2. The molecule has 0 bridgehead atoms. The lowest BCUT2D eigenvalue weighted by molar-refractivity contribution is -0.0925. The average Bonchev–Trinajstić information content (AvgIpc) is 3.73. The number of hydrogen-bond acceptors (Lipinski definition) is 9. The Balaban J connectivity index is 1.23. The highest BCUT2D eigenvalue weighted by Crippen LogP contribution is 2.51. The average molecular weight is 916 g/mol. The molecule has 11 nitrogen and oxygen atoms in total. The van der Waals surface area contributed by atoms with Crippen molar-refractivity contribution in [2.45, 2.75) is 88.7 Å². The largest absolute Gasteiger partial charge is 0.497 e. The summed E-state index contributed by atoms with van der Waals surface area (Å²) in [6.07, 6.45) is -0.109. The van der Waals surface area contributed by atoms with Gasteiger partial charge in [-0.1, -0.05) is 115 Å². The summed E-state index contributed by atoms with van der Waals surface area (Å²) in [6, 6.07) is 48.5. The number of aryl methyl sites for hydroxylation is 1. The fourth-order valence-electron chi connectivity index (χ4n) is 8.78. The van der Waals surface area contributed by atoms with E-state index in [4.69, 9.17) is 28.0 Å². The molecule has 6 aromatic rings. The summed E-state index contributed by atoms with van der Waals surface area (Å²) in [6.45, 7) is 10.9. The van der Waals surface area contributed by atoms with Crippen LogP contribution in [0.5, 0.6) is 11.5 Å². The number of ether oxygens (including phenoxy) is 4. The predicted molar refractivity (Wildman–Crippen MR) is 261 cm³/mol. The van der Waals surface area contributed by atoms with Crippen LogP contribution in [-0.2, 0) is 24.1 Å². The highest BCUT2D eigenvalue weighted by Gasteiger charge is 2.45. The number of aromatic nitrogens is 2. The zero-order valence-corrected chi connectivity index (χ0v) is 40.8. The van der Waals surface area contributed by atoms with Crippen molar-refractivity contribution in [2.24, 2.45) is 0 Å². The predicted octanol–water partition coefficient (Wildman–Crippen LogP) is 9.28. The fourth-order valence-corrected chi connectivity index (χ4v) is 12.8. The second kappa shape index (κ2) is 22.3. The quantitative estimate of drug-likeness (QED) is 0.0327. The van der Waals surface area contributed by atoms with Gasteiger partial charge in [0.25, 0.3) is 14.1 Å². The van der Waals surface area contributed by atoms with E-state index >= 15 is 0 Å². The minimum Gasteiger partial charge on any atom is -0.497 e. The summed E-state index contributed by atoms with van der Waals surface area (Å²) in [4.78, 5) is 28.4. The van der Waals surface area contributed by atoms with Crippen LogP contribution in [0.15, 0.2) is 155 Å². The molecule has 13 heteroatoms. The Hall–Kier alpha value is -5.17. The van der Waals surface area contributed by atoms with E-state index in [9.17, 15) is 9.59 Å². The Labute approximate surface area is 386 Å². The van der Waals surface area contributed by atoms with Crippen molar-refractivity contribution in [2.75, 3.05) is 27.4 Å². The minimum absolute atomic E-state index is 0.0699. The molecule has 0 amide bonds. The van der Waals surface area contributed by atoms with Gasteiger partial charge in [0, 0.05) is 39.8 Å². The Morgan fingerprint density at radius 1 is 0.754 bits per heavy atom. The maximum atomic E-state index is 13.4. The van der Waals surface area contributed by atoms with E-state index in [1.165, 1.54) is 15.7 Å². The maximum Gasteiger partial charge on any atom is 0.330 e. The first-order chi connectivity index (χ1) is 31.5. The topological polar surface area (TPSA) is 113 Å². The van der Waals surface area contributed by atoms with Crippen LogP contribution in [-0.4, -0.2) is 75.5 Å². The fraction of sp³-hybridized carbons (Fsp3) is 0.346. The molecule has 0 aliphatic carbocycles. The maximum absolute atomic E-state index is 13.4. The van der Waals surface area contributed by atoms with E-state index in [0.717, 1.165) is 22.7 Å². The first-order valence-electron chi connectivity index (χ1n) is 22.5. The third-order valence-electron chi connectivity index (χ3n) is 12.0.